The Balaban J connectivity index is 0. The maximum Gasteiger partial charge on any atom is 0.309 e. The normalized spacial score (nSPS) is 11.5. The Hall–Kier alpha value is -5.59. The number of carboxylic acid groups (broad SMARTS) is 2. The van der Waals surface area contributed by atoms with Gasteiger partial charge in [-0.3, -0.25) is 13.8 Å². The number of cyclic esters (lactones) is 1. The van der Waals surface area contributed by atoms with Crippen LogP contribution in [0.1, 0.15) is 33.2 Å². The van der Waals surface area contributed by atoms with E-state index in [9.17, 15) is 24.6 Å². The fourth-order valence-electron chi connectivity index (χ4n) is 4.80. The van der Waals surface area contributed by atoms with Crippen LogP contribution in [0.5, 0.6) is 0 Å². The first-order chi connectivity index (χ1) is 25.6. The van der Waals surface area contributed by atoms with Gasteiger partial charge in [0, 0.05) is 90.7 Å². The van der Waals surface area contributed by atoms with Crippen molar-refractivity contribution in [2.75, 3.05) is 97.3 Å². The first-order valence-corrected chi connectivity index (χ1v) is 18.0. The fourth-order valence-corrected chi connectivity index (χ4v) is 4.80. The van der Waals surface area contributed by atoms with Crippen molar-refractivity contribution in [2.45, 2.75) is 33.1 Å². The number of hydrogen-bond acceptors (Lipinski definition) is 10. The average molecular weight is 763 g/mol. The lowest BCUT2D eigenvalue weighted by Gasteiger charge is -2.29. The number of carbonyl (C=O) groups is 3. The first kappa shape index (κ1) is 47.4. The molecule has 12 heteroatoms. The number of aliphatic carboxylic acids is 2. The van der Waals surface area contributed by atoms with Crippen LogP contribution in [-0.2, 0) is 19.1 Å². The van der Waals surface area contributed by atoms with Gasteiger partial charge in [0.1, 0.15) is 18.0 Å². The molecule has 0 aliphatic carbocycles. The second-order valence-electron chi connectivity index (χ2n) is 14.7. The quantitative estimate of drug-likeness (QED) is 0.134. The van der Waals surface area contributed by atoms with Crippen molar-refractivity contribution in [2.24, 2.45) is 0 Å². The zero-order chi connectivity index (χ0) is 41.8. The zero-order valence-electron chi connectivity index (χ0n) is 34.4. The standard InChI is InChI=1S/C12H17NO2.C11H16N2O2.C9H13N.C8H12N2.C3H4O2.2H2/c1-10-5-4-6-11(9-10)13(2,3)8-7-12(14)15;1-13(2,7-6-11(14)15)10-5-3-4-9(12)8-10;1-8-5-4-6-9(7-8)10(2)3;1-10(2)8-5-3-4-7(9)6-8;4-3-1-2-5-3;;/h4-6,9H,7-8H2,1-3H3;3-5,8H,6-7,12H2,1-2H3;4-7H,1-3H3;3-6H,9H2,1-2H3;1-2H2;2*1H. The molecule has 0 radical (unpaired) electrons. The number of rotatable bonds is 10. The number of aryl methyl sites for hydroxylation is 2. The molecule has 1 heterocycles. The van der Waals surface area contributed by atoms with Gasteiger partial charge in [-0.25, -0.2) is 0 Å². The van der Waals surface area contributed by atoms with Crippen LogP contribution in [0, 0.1) is 13.8 Å². The van der Waals surface area contributed by atoms with Crippen LogP contribution in [-0.4, -0.2) is 94.0 Å². The van der Waals surface area contributed by atoms with E-state index < -0.39 is 11.9 Å². The van der Waals surface area contributed by atoms with Gasteiger partial charge in [-0.2, -0.15) is 0 Å². The molecule has 304 valence electrons. The van der Waals surface area contributed by atoms with E-state index >= 15 is 0 Å². The van der Waals surface area contributed by atoms with Crippen molar-refractivity contribution in [3.05, 3.63) is 108 Å². The number of benzene rings is 4. The molecule has 0 spiro atoms. The van der Waals surface area contributed by atoms with Crippen LogP contribution < -0.4 is 40.4 Å². The van der Waals surface area contributed by atoms with Crippen LogP contribution in [0.25, 0.3) is 0 Å². The number of carboxylic acids is 2. The van der Waals surface area contributed by atoms with E-state index in [1.165, 1.54) is 16.8 Å². The average Bonchev–Trinajstić information content (AvgIpc) is 3.10. The van der Waals surface area contributed by atoms with Crippen molar-refractivity contribution in [1.82, 2.24) is 8.97 Å². The lowest BCUT2D eigenvalue weighted by atomic mass is 10.2. The Bertz CT molecular complexity index is 1680. The van der Waals surface area contributed by atoms with Gasteiger partial charge in [-0.1, -0.05) is 36.4 Å². The van der Waals surface area contributed by atoms with Crippen LogP contribution in [0.2, 0.25) is 0 Å². The summed E-state index contributed by atoms with van der Waals surface area (Å²) in [6.45, 7) is 5.81. The highest BCUT2D eigenvalue weighted by Gasteiger charge is 2.19. The number of quaternary nitrogens is 2. The van der Waals surface area contributed by atoms with Gasteiger partial charge in [0.25, 0.3) is 0 Å². The monoisotopic (exact) mass is 763 g/mol. The van der Waals surface area contributed by atoms with Gasteiger partial charge in [-0.15, -0.1) is 0 Å². The van der Waals surface area contributed by atoms with E-state index in [0.717, 1.165) is 22.7 Å². The Labute approximate surface area is 331 Å². The molecule has 0 aromatic heterocycles. The summed E-state index contributed by atoms with van der Waals surface area (Å²) in [4.78, 5) is 34.6. The van der Waals surface area contributed by atoms with Gasteiger partial charge in [0.2, 0.25) is 0 Å². The highest BCUT2D eigenvalue weighted by atomic mass is 16.6. The molecule has 1 saturated heterocycles. The minimum atomic E-state index is -1.02. The minimum Gasteiger partial charge on any atom is -0.550 e. The van der Waals surface area contributed by atoms with Crippen molar-refractivity contribution in [3.8, 4) is 0 Å². The Morgan fingerprint density at radius 2 is 1.02 bits per heavy atom. The van der Waals surface area contributed by atoms with Gasteiger partial charge < -0.3 is 45.8 Å². The molecule has 0 amide bonds. The maximum absolute atomic E-state index is 10.4. The highest BCUT2D eigenvalue weighted by molar-refractivity contribution is 5.73. The molecule has 0 unspecified atom stereocenters. The highest BCUT2D eigenvalue weighted by Crippen LogP contribution is 2.22. The molecule has 1 aliphatic rings. The summed E-state index contributed by atoms with van der Waals surface area (Å²) in [6.07, 6.45) is 0.753. The molecule has 4 aromatic carbocycles. The lowest BCUT2D eigenvalue weighted by Crippen LogP contribution is -2.43. The molecule has 5 rings (SSSR count). The van der Waals surface area contributed by atoms with Crippen LogP contribution >= 0.6 is 0 Å². The number of ether oxygens (including phenoxy) is 1. The predicted octanol–water partition coefficient (Wildman–Crippen LogP) is 4.50. The molecule has 4 N–H and O–H groups in total. The predicted molar refractivity (Wildman–Crippen MR) is 229 cm³/mol. The molecule has 1 aliphatic heterocycles. The van der Waals surface area contributed by atoms with Crippen molar-refractivity contribution in [1.29, 1.82) is 0 Å². The van der Waals surface area contributed by atoms with Gasteiger partial charge in [0.15, 0.2) is 0 Å². The number of carbonyl (C=O) groups excluding carboxylic acids is 3. The molecule has 0 bridgehead atoms. The molecule has 55 heavy (non-hydrogen) atoms. The van der Waals surface area contributed by atoms with Crippen molar-refractivity contribution >= 4 is 52.0 Å². The van der Waals surface area contributed by atoms with E-state index in [-0.39, 0.29) is 21.7 Å². The van der Waals surface area contributed by atoms with E-state index in [0.29, 0.717) is 40.8 Å². The molecule has 0 saturated carbocycles. The number of nitrogens with zero attached hydrogens (tertiary/aromatic N) is 4. The topological polar surface area (TPSA) is 165 Å². The second kappa shape index (κ2) is 23.3. The smallest absolute Gasteiger partial charge is 0.309 e. The Kier molecular flexibility index (Phi) is 20.1. The summed E-state index contributed by atoms with van der Waals surface area (Å²) in [5.41, 5.74) is 19.8. The Morgan fingerprint density at radius 3 is 1.33 bits per heavy atom. The largest absolute Gasteiger partial charge is 0.550 e. The summed E-state index contributed by atoms with van der Waals surface area (Å²) in [5, 5.41) is 20.8. The third kappa shape index (κ3) is 19.9. The van der Waals surface area contributed by atoms with Crippen molar-refractivity contribution in [3.63, 3.8) is 0 Å². The fraction of sp³-hybridized carbons (Fsp3) is 0.372. The summed E-state index contributed by atoms with van der Waals surface area (Å²) >= 11 is 0. The SMILES string of the molecule is CN(C)c1cccc(N)c1.C[N+](C)(CCC(=O)[O-])c1cccc(N)c1.Cc1cccc(N(C)C)c1.Cc1cccc([N+](C)(C)CCC(=O)[O-])c1.O=C1CCO1.[HH].[HH]. The van der Waals surface area contributed by atoms with Gasteiger partial charge >= 0.3 is 5.97 Å². The van der Waals surface area contributed by atoms with E-state index in [4.69, 9.17) is 11.5 Å². The number of nitrogens with two attached hydrogens (primary N) is 2. The van der Waals surface area contributed by atoms with E-state index in [1.54, 1.807) is 0 Å². The zero-order valence-corrected chi connectivity index (χ0v) is 34.4. The van der Waals surface area contributed by atoms with Crippen LogP contribution in [0.15, 0.2) is 97.1 Å². The summed E-state index contributed by atoms with van der Waals surface area (Å²) < 4.78 is 5.34. The Morgan fingerprint density at radius 1 is 0.655 bits per heavy atom. The third-order valence-electron chi connectivity index (χ3n) is 8.49. The van der Waals surface area contributed by atoms with Crippen molar-refractivity contribution < 1.29 is 32.2 Å². The number of hydrogen-bond donors (Lipinski definition) is 2. The summed E-state index contributed by atoms with van der Waals surface area (Å²) in [6, 6.07) is 31.8. The molecular formula is C43H66N6O6. The molecule has 12 nitrogen and oxygen atoms in total. The van der Waals surface area contributed by atoms with Gasteiger partial charge in [0.05, 0.1) is 47.7 Å². The molecular weight excluding hydrogens is 697 g/mol. The first-order valence-electron chi connectivity index (χ1n) is 18.0. The van der Waals surface area contributed by atoms with Crippen LogP contribution in [0.3, 0.4) is 0 Å². The summed E-state index contributed by atoms with van der Waals surface area (Å²) in [7, 11) is 16.0. The van der Waals surface area contributed by atoms with E-state index in [1.807, 2.05) is 121 Å². The second-order valence-corrected chi connectivity index (χ2v) is 14.7. The number of anilines is 4. The van der Waals surface area contributed by atoms with E-state index in [2.05, 4.69) is 61.0 Å². The molecule has 0 atom stereocenters. The minimum absolute atomic E-state index is 0. The van der Waals surface area contributed by atoms with Gasteiger partial charge in [-0.05, 0) is 73.5 Å². The molecule has 1 fully saturated rings. The lowest BCUT2D eigenvalue weighted by molar-refractivity contribution is -0.307. The number of nitrogen functional groups attached to an aromatic ring is 2. The van der Waals surface area contributed by atoms with Crippen LogP contribution in [0.4, 0.5) is 34.1 Å². The summed E-state index contributed by atoms with van der Waals surface area (Å²) in [5.74, 6) is -2.08. The number of esters is 1. The molecule has 4 aromatic rings. The third-order valence-corrected chi connectivity index (χ3v) is 8.49. The maximum atomic E-state index is 10.4.